The van der Waals surface area contributed by atoms with E-state index in [4.69, 9.17) is 11.8 Å². The van der Waals surface area contributed by atoms with E-state index in [1.807, 2.05) is 0 Å². The topological polar surface area (TPSA) is 40.6 Å². The molecule has 0 aliphatic carbocycles. The lowest BCUT2D eigenvalue weighted by Gasteiger charge is -2.07. The molecule has 6 heteroatoms. The van der Waals surface area contributed by atoms with Gasteiger partial charge in [-0.15, -0.1) is 0 Å². The van der Waals surface area contributed by atoms with Gasteiger partial charge in [-0.05, 0) is 0 Å². The van der Waals surface area contributed by atoms with Crippen molar-refractivity contribution >= 4 is 39.6 Å². The maximum atomic E-state index is 10.8. The van der Waals surface area contributed by atoms with Gasteiger partial charge in [-0.25, -0.2) is 4.79 Å². The first-order valence-electron chi connectivity index (χ1n) is 2.46. The Labute approximate surface area is 71.0 Å². The molecule has 0 spiro atoms. The van der Waals surface area contributed by atoms with Crippen LogP contribution in [0.5, 0.6) is 0 Å². The highest BCUT2D eigenvalue weighted by Gasteiger charge is 2.40. The van der Waals surface area contributed by atoms with Gasteiger partial charge in [-0.3, -0.25) is 4.79 Å². The van der Waals surface area contributed by atoms with Gasteiger partial charge in [-0.2, -0.15) is 4.42 Å². The molecule has 0 radical (unpaired) electrons. The molecule has 1 saturated heterocycles. The van der Waals surface area contributed by atoms with Crippen molar-refractivity contribution < 1.29 is 9.59 Å². The van der Waals surface area contributed by atoms with Crippen molar-refractivity contribution in [1.82, 2.24) is 9.32 Å². The first kappa shape index (κ1) is 7.81. The maximum Gasteiger partial charge on any atom is 0.342 e. The van der Waals surface area contributed by atoms with Crippen LogP contribution < -0.4 is 0 Å². The number of nitrogens with zero attached hydrogens (tertiary/aromatic N) is 2. The number of hydrogen-bond acceptors (Lipinski definition) is 2. The molecule has 1 unspecified atom stereocenters. The first-order valence-corrected chi connectivity index (χ1v) is 3.71. The Hall–Kier alpha value is -0.290. The van der Waals surface area contributed by atoms with Gasteiger partial charge in [0, 0.05) is 18.8 Å². The Morgan fingerprint density at radius 3 is 2.20 bits per heavy atom. The first-order chi connectivity index (χ1) is 4.55. The molecule has 1 aliphatic heterocycles. The van der Waals surface area contributed by atoms with E-state index in [1.165, 1.54) is 11.9 Å². The molecular formula is C4H4BrClN2O2. The lowest BCUT2D eigenvalue weighted by atomic mass is 10.6. The highest BCUT2D eigenvalue weighted by molar-refractivity contribution is 9.10. The van der Waals surface area contributed by atoms with Crippen molar-refractivity contribution in [2.75, 3.05) is 7.05 Å². The predicted molar refractivity (Wildman–Crippen MR) is 38.6 cm³/mol. The van der Waals surface area contributed by atoms with E-state index in [-0.39, 0.29) is 0 Å². The summed E-state index contributed by atoms with van der Waals surface area (Å²) in [5.41, 5.74) is 0. The van der Waals surface area contributed by atoms with Crippen LogP contribution in [-0.2, 0) is 4.79 Å². The summed E-state index contributed by atoms with van der Waals surface area (Å²) in [6.07, 6.45) is 0. The Morgan fingerprint density at radius 2 is 2.10 bits per heavy atom. The van der Waals surface area contributed by atoms with E-state index in [0.717, 1.165) is 0 Å². The van der Waals surface area contributed by atoms with E-state index in [1.54, 1.807) is 0 Å². The summed E-state index contributed by atoms with van der Waals surface area (Å²) in [7, 11) is 1.49. The molecule has 0 saturated carbocycles. The van der Waals surface area contributed by atoms with Crippen LogP contribution in [0.2, 0.25) is 0 Å². The molecule has 3 amide bonds. The van der Waals surface area contributed by atoms with Crippen molar-refractivity contribution in [1.29, 1.82) is 0 Å². The number of amides is 3. The zero-order chi connectivity index (χ0) is 7.89. The number of urea groups is 1. The molecule has 56 valence electrons. The van der Waals surface area contributed by atoms with Crippen LogP contribution in [0.3, 0.4) is 0 Å². The molecule has 0 aromatic rings. The Bertz CT molecular complexity index is 178. The maximum absolute atomic E-state index is 10.8. The fourth-order valence-corrected chi connectivity index (χ4v) is 1.30. The van der Waals surface area contributed by atoms with Crippen molar-refractivity contribution in [3.63, 3.8) is 0 Å². The second-order valence-electron chi connectivity index (χ2n) is 1.85. The molecule has 0 bridgehead atoms. The molecule has 0 aromatic carbocycles. The van der Waals surface area contributed by atoms with Crippen LogP contribution in [-0.4, -0.2) is 33.3 Å². The highest BCUT2D eigenvalue weighted by Crippen LogP contribution is 2.21. The smallest absolute Gasteiger partial charge is 0.305 e. The van der Waals surface area contributed by atoms with Crippen LogP contribution in [0, 0.1) is 0 Å². The fraction of sp³-hybridized carbons (Fsp3) is 0.500. The SMILES string of the molecule is CN1C(=O)N(Cl)C(=O)C1Br. The monoisotopic (exact) mass is 226 g/mol. The van der Waals surface area contributed by atoms with Gasteiger partial charge >= 0.3 is 6.03 Å². The van der Waals surface area contributed by atoms with Crippen molar-refractivity contribution in [2.24, 2.45) is 0 Å². The van der Waals surface area contributed by atoms with E-state index in [2.05, 4.69) is 15.9 Å². The highest BCUT2D eigenvalue weighted by atomic mass is 79.9. The van der Waals surface area contributed by atoms with Gasteiger partial charge in [0.25, 0.3) is 5.91 Å². The number of imide groups is 1. The average molecular weight is 227 g/mol. The quantitative estimate of drug-likeness (QED) is 0.265. The fourth-order valence-electron chi connectivity index (χ4n) is 0.589. The third kappa shape index (κ3) is 0.894. The van der Waals surface area contributed by atoms with Crippen molar-refractivity contribution in [3.8, 4) is 0 Å². The van der Waals surface area contributed by atoms with E-state index in [9.17, 15) is 9.59 Å². The molecule has 0 N–H and O–H groups in total. The van der Waals surface area contributed by atoms with E-state index in [0.29, 0.717) is 4.42 Å². The lowest BCUT2D eigenvalue weighted by Crippen LogP contribution is -2.25. The number of hydrogen-bond donors (Lipinski definition) is 0. The average Bonchev–Trinajstić information content (AvgIpc) is 2.07. The molecule has 4 nitrogen and oxygen atoms in total. The molecule has 0 aromatic heterocycles. The van der Waals surface area contributed by atoms with Gasteiger partial charge < -0.3 is 4.90 Å². The summed E-state index contributed by atoms with van der Waals surface area (Å²) in [5.74, 6) is -0.450. The zero-order valence-electron chi connectivity index (χ0n) is 5.04. The minimum Gasteiger partial charge on any atom is -0.305 e. The van der Waals surface area contributed by atoms with Gasteiger partial charge in [0.05, 0.1) is 0 Å². The number of likely N-dealkylation sites (N-methyl/N-ethyl adjacent to an activating group) is 1. The Balaban J connectivity index is 2.89. The molecule has 10 heavy (non-hydrogen) atoms. The second-order valence-corrected chi connectivity index (χ2v) is 3.05. The van der Waals surface area contributed by atoms with Crippen molar-refractivity contribution in [2.45, 2.75) is 4.95 Å². The van der Waals surface area contributed by atoms with Gasteiger partial charge in [-0.1, -0.05) is 15.9 Å². The lowest BCUT2D eigenvalue weighted by molar-refractivity contribution is -0.122. The largest absolute Gasteiger partial charge is 0.342 e. The van der Waals surface area contributed by atoms with Crippen LogP contribution >= 0.6 is 27.7 Å². The summed E-state index contributed by atoms with van der Waals surface area (Å²) in [4.78, 5) is 22.2. The molecule has 1 rings (SSSR count). The number of rotatable bonds is 0. The Morgan fingerprint density at radius 1 is 1.60 bits per heavy atom. The summed E-state index contributed by atoms with van der Waals surface area (Å²) < 4.78 is 0.555. The number of alkyl halides is 1. The van der Waals surface area contributed by atoms with E-state index >= 15 is 0 Å². The summed E-state index contributed by atoms with van der Waals surface area (Å²) >= 11 is 8.24. The number of carbonyl (C=O) groups excluding carboxylic acids is 2. The number of halogens is 2. The molecule has 1 aliphatic rings. The molecule has 1 heterocycles. The van der Waals surface area contributed by atoms with Gasteiger partial charge in [0.1, 0.15) is 0 Å². The van der Waals surface area contributed by atoms with Crippen LogP contribution in [0.1, 0.15) is 0 Å². The minimum absolute atomic E-state index is 0.450. The zero-order valence-corrected chi connectivity index (χ0v) is 7.39. The summed E-state index contributed by atoms with van der Waals surface area (Å²) in [6.45, 7) is 0. The molecular weight excluding hydrogens is 223 g/mol. The van der Waals surface area contributed by atoms with Gasteiger partial charge in [0.15, 0.2) is 4.95 Å². The number of carbonyl (C=O) groups is 2. The second kappa shape index (κ2) is 2.39. The summed E-state index contributed by atoms with van der Waals surface area (Å²) in [6, 6.07) is -0.506. The van der Waals surface area contributed by atoms with Crippen LogP contribution in [0.25, 0.3) is 0 Å². The van der Waals surface area contributed by atoms with Crippen LogP contribution in [0.4, 0.5) is 4.79 Å². The predicted octanol–water partition coefficient (Wildman–Crippen LogP) is 0.755. The van der Waals surface area contributed by atoms with E-state index < -0.39 is 16.9 Å². The Kier molecular flexibility index (Phi) is 1.87. The van der Waals surface area contributed by atoms with Gasteiger partial charge in [0.2, 0.25) is 0 Å². The standard InChI is InChI=1S/C4H4BrClN2O2/c1-7-2(5)3(9)8(6)4(7)10/h2H,1H3. The minimum atomic E-state index is -0.613. The van der Waals surface area contributed by atoms with Crippen molar-refractivity contribution in [3.05, 3.63) is 0 Å². The molecule has 1 atom stereocenters. The molecule has 1 fully saturated rings. The summed E-state index contributed by atoms with van der Waals surface area (Å²) in [5, 5.41) is 0. The third-order valence-electron chi connectivity index (χ3n) is 1.21. The van der Waals surface area contributed by atoms with Crippen LogP contribution in [0.15, 0.2) is 0 Å². The third-order valence-corrected chi connectivity index (χ3v) is 2.52. The normalized spacial score (nSPS) is 26.5.